The fourth-order valence-electron chi connectivity index (χ4n) is 7.71. The van der Waals surface area contributed by atoms with Crippen molar-refractivity contribution < 1.29 is 53.8 Å². The van der Waals surface area contributed by atoms with Gasteiger partial charge in [-0.15, -0.1) is 0 Å². The standard InChI is InChI=1S/C38H33ClF7N7O5S/c1-52-33-24(8-10-27(39)31(33)36(50-52)51-59(2,56)57)23-6-5-22(4-3-12-58-13-11-54)47-32(23)28(16-19-14-20(40)17-21(41)15-19)48-29(55)18-53-35-30(34(49-53)38(44,45)46)25-7-9-26(25)37(35,42)43/h5-6,8,10,14-15,17,25-26,28,54H,7,9,11-13,16,18H2,1-2H3,(H,48,55)(H,50,51). The van der Waals surface area contributed by atoms with Gasteiger partial charge in [0.25, 0.3) is 5.92 Å². The number of aryl methyl sites for hydroxylation is 1. The molecule has 3 atom stereocenters. The number of sulfonamides is 1. The lowest BCUT2D eigenvalue weighted by atomic mass is 9.73. The maximum Gasteiger partial charge on any atom is 0.435 e. The number of fused-ring (bicyclic) bond motifs is 4. The average Bonchev–Trinajstić information content (AvgIpc) is 3.68. The summed E-state index contributed by atoms with van der Waals surface area (Å²) < 4.78 is 137. The Hall–Kier alpha value is -5.23. The largest absolute Gasteiger partial charge is 0.435 e. The van der Waals surface area contributed by atoms with Gasteiger partial charge in [-0.3, -0.25) is 18.9 Å². The Labute approximate surface area is 336 Å². The van der Waals surface area contributed by atoms with E-state index < -0.39 is 87.5 Å². The van der Waals surface area contributed by atoms with Gasteiger partial charge >= 0.3 is 6.18 Å². The van der Waals surface area contributed by atoms with E-state index >= 15 is 8.78 Å². The summed E-state index contributed by atoms with van der Waals surface area (Å²) in [6.45, 7) is -1.48. The van der Waals surface area contributed by atoms with Crippen LogP contribution in [-0.4, -0.2) is 70.1 Å². The molecule has 312 valence electrons. The lowest BCUT2D eigenvalue weighted by Gasteiger charge is -2.34. The SMILES string of the molecule is Cn1nc(NS(C)(=O)=O)c2c(Cl)ccc(-c3ccc(C#CCOCCO)nc3C(Cc3cc(F)cc(F)c3)NC(=O)Cn3nc(C(F)(F)F)c4c3C(F)(F)C3CCC43)c21. The Bertz CT molecular complexity index is 2640. The molecule has 0 aliphatic heterocycles. The minimum absolute atomic E-state index is 0.00156. The first-order chi connectivity index (χ1) is 27.8. The zero-order chi connectivity index (χ0) is 42.6. The number of anilines is 1. The Morgan fingerprint density at radius 3 is 2.46 bits per heavy atom. The number of alkyl halides is 5. The summed E-state index contributed by atoms with van der Waals surface area (Å²) >= 11 is 6.57. The maximum atomic E-state index is 15.6. The van der Waals surface area contributed by atoms with Crippen LogP contribution in [0.15, 0.2) is 42.5 Å². The second-order valence-corrected chi connectivity index (χ2v) is 16.3. The smallest absolute Gasteiger partial charge is 0.394 e. The fraction of sp³-hybridized carbons (Fsp3) is 0.368. The van der Waals surface area contributed by atoms with Crippen LogP contribution in [0.2, 0.25) is 5.02 Å². The summed E-state index contributed by atoms with van der Waals surface area (Å²) in [4.78, 5) is 18.7. The van der Waals surface area contributed by atoms with Gasteiger partial charge in [-0.05, 0) is 67.0 Å². The third-order valence-corrected chi connectivity index (χ3v) is 10.9. The van der Waals surface area contributed by atoms with Crippen molar-refractivity contribution in [1.29, 1.82) is 0 Å². The van der Waals surface area contributed by atoms with Crippen molar-refractivity contribution in [3.05, 3.63) is 93.0 Å². The van der Waals surface area contributed by atoms with E-state index in [1.807, 2.05) is 0 Å². The molecular weight excluding hydrogens is 835 g/mol. The lowest BCUT2D eigenvalue weighted by molar-refractivity contribution is -0.144. The van der Waals surface area contributed by atoms with Crippen LogP contribution in [0.4, 0.5) is 36.6 Å². The first-order valence-corrected chi connectivity index (χ1v) is 20.2. The number of carbonyl (C=O) groups is 1. The van der Waals surface area contributed by atoms with E-state index in [0.29, 0.717) is 16.3 Å². The topological polar surface area (TPSA) is 153 Å². The summed E-state index contributed by atoms with van der Waals surface area (Å²) in [6, 6.07) is 7.24. The Morgan fingerprint density at radius 1 is 1.10 bits per heavy atom. The number of nitrogens with one attached hydrogen (secondary N) is 2. The number of halogens is 8. The van der Waals surface area contributed by atoms with Gasteiger partial charge in [0.15, 0.2) is 11.5 Å². The van der Waals surface area contributed by atoms with Crippen LogP contribution in [0.3, 0.4) is 0 Å². The third kappa shape index (κ3) is 8.33. The molecule has 0 spiro atoms. The van der Waals surface area contributed by atoms with Gasteiger partial charge in [0.2, 0.25) is 15.9 Å². The third-order valence-electron chi connectivity index (χ3n) is 10.1. The quantitative estimate of drug-likeness (QED) is 0.0761. The molecule has 3 N–H and O–H groups in total. The van der Waals surface area contributed by atoms with Gasteiger partial charge < -0.3 is 15.2 Å². The van der Waals surface area contributed by atoms with E-state index in [9.17, 15) is 35.2 Å². The normalized spacial score (nSPS) is 17.5. The molecule has 2 aliphatic carbocycles. The van der Waals surface area contributed by atoms with Gasteiger partial charge in [-0.2, -0.15) is 32.1 Å². The van der Waals surface area contributed by atoms with Crippen LogP contribution >= 0.6 is 11.6 Å². The lowest BCUT2D eigenvalue weighted by Crippen LogP contribution is -2.36. The maximum absolute atomic E-state index is 15.6. The summed E-state index contributed by atoms with van der Waals surface area (Å²) in [6.07, 6.45) is -4.49. The number of pyridine rings is 1. The number of aliphatic hydroxyl groups is 1. The van der Waals surface area contributed by atoms with Crippen molar-refractivity contribution in [2.45, 2.75) is 49.9 Å². The van der Waals surface area contributed by atoms with E-state index in [0.717, 1.165) is 18.4 Å². The summed E-state index contributed by atoms with van der Waals surface area (Å²) in [5.41, 5.74) is -2.24. The second-order valence-electron chi connectivity index (χ2n) is 14.2. The Kier molecular flexibility index (Phi) is 11.2. The number of carbonyl (C=O) groups excluding carboxylic acids is 1. The highest BCUT2D eigenvalue weighted by Gasteiger charge is 2.63. The van der Waals surface area contributed by atoms with Crippen molar-refractivity contribution in [3.8, 4) is 23.0 Å². The highest BCUT2D eigenvalue weighted by atomic mass is 35.5. The van der Waals surface area contributed by atoms with Gasteiger partial charge in [-0.1, -0.05) is 23.6 Å². The monoisotopic (exact) mass is 867 g/mol. The van der Waals surface area contributed by atoms with Crippen molar-refractivity contribution >= 4 is 44.3 Å². The molecule has 21 heteroatoms. The predicted octanol–water partition coefficient (Wildman–Crippen LogP) is 6.21. The number of nitrogens with zero attached hydrogens (tertiary/aromatic N) is 5. The number of hydrogen-bond acceptors (Lipinski definition) is 8. The van der Waals surface area contributed by atoms with E-state index in [4.69, 9.17) is 26.4 Å². The van der Waals surface area contributed by atoms with Crippen LogP contribution in [0.1, 0.15) is 58.7 Å². The number of rotatable bonds is 12. The molecule has 0 bridgehead atoms. The molecular formula is C38H33ClF7N7O5S. The first-order valence-electron chi connectivity index (χ1n) is 17.9. The summed E-state index contributed by atoms with van der Waals surface area (Å²) in [5, 5.41) is 19.7. The van der Waals surface area contributed by atoms with E-state index in [2.05, 4.69) is 32.1 Å². The van der Waals surface area contributed by atoms with Crippen LogP contribution in [0.25, 0.3) is 22.0 Å². The molecule has 2 aromatic carbocycles. The molecule has 12 nitrogen and oxygen atoms in total. The molecule has 0 saturated heterocycles. The molecule has 3 unspecified atom stereocenters. The predicted molar refractivity (Wildman–Crippen MR) is 200 cm³/mol. The van der Waals surface area contributed by atoms with Crippen LogP contribution < -0.4 is 10.0 Å². The molecule has 2 aliphatic rings. The van der Waals surface area contributed by atoms with Gasteiger partial charge in [0, 0.05) is 35.7 Å². The zero-order valence-corrected chi connectivity index (χ0v) is 32.5. The fourth-order valence-corrected chi connectivity index (χ4v) is 8.44. The summed E-state index contributed by atoms with van der Waals surface area (Å²) in [5.74, 6) is -3.79. The number of hydrogen-bond donors (Lipinski definition) is 3. The van der Waals surface area contributed by atoms with Crippen LogP contribution in [-0.2, 0) is 51.7 Å². The van der Waals surface area contributed by atoms with Crippen LogP contribution in [0.5, 0.6) is 0 Å². The first kappa shape index (κ1) is 41.9. The molecule has 7 rings (SSSR count). The number of ether oxygens (including phenoxy) is 1. The van der Waals surface area contributed by atoms with Crippen LogP contribution in [0, 0.1) is 29.4 Å². The molecule has 59 heavy (non-hydrogen) atoms. The molecule has 1 amide bonds. The minimum Gasteiger partial charge on any atom is -0.394 e. The second kappa shape index (κ2) is 15.7. The van der Waals surface area contributed by atoms with Gasteiger partial charge in [0.1, 0.15) is 36.2 Å². The summed E-state index contributed by atoms with van der Waals surface area (Å²) in [7, 11) is -2.35. The number of aromatic nitrogens is 5. The highest BCUT2D eigenvalue weighted by Crippen LogP contribution is 2.64. The Morgan fingerprint density at radius 2 is 1.81 bits per heavy atom. The van der Waals surface area contributed by atoms with Crippen molar-refractivity contribution in [3.63, 3.8) is 0 Å². The number of aliphatic hydroxyl groups excluding tert-OH is 1. The van der Waals surface area contributed by atoms with Crippen molar-refractivity contribution in [2.75, 3.05) is 30.8 Å². The number of benzene rings is 2. The molecule has 3 heterocycles. The van der Waals surface area contributed by atoms with E-state index in [1.54, 1.807) is 6.07 Å². The molecule has 5 aromatic rings. The minimum atomic E-state index is -5.09. The molecule has 3 aromatic heterocycles. The van der Waals surface area contributed by atoms with Crippen molar-refractivity contribution in [1.82, 2.24) is 29.9 Å². The van der Waals surface area contributed by atoms with E-state index in [-0.39, 0.29) is 76.9 Å². The van der Waals surface area contributed by atoms with Gasteiger partial charge in [-0.25, -0.2) is 22.2 Å². The zero-order valence-electron chi connectivity index (χ0n) is 31.0. The highest BCUT2D eigenvalue weighted by molar-refractivity contribution is 7.92. The molecule has 0 radical (unpaired) electrons. The van der Waals surface area contributed by atoms with E-state index in [1.165, 1.54) is 29.9 Å². The molecule has 1 saturated carbocycles. The van der Waals surface area contributed by atoms with Gasteiger partial charge in [0.05, 0.1) is 47.1 Å². The molecule has 1 fully saturated rings. The number of amides is 1. The average molecular weight is 868 g/mol. The van der Waals surface area contributed by atoms with Crippen molar-refractivity contribution in [2.24, 2.45) is 13.0 Å². The Balaban J connectivity index is 1.37.